The molecule has 0 atom stereocenters. The third-order valence-electron chi connectivity index (χ3n) is 0. The first-order valence-corrected chi connectivity index (χ1v) is 11.2. The van der Waals surface area contributed by atoms with Crippen molar-refractivity contribution in [2.75, 3.05) is 84.6 Å². The summed E-state index contributed by atoms with van der Waals surface area (Å²) < 4.78 is 0. The van der Waals surface area contributed by atoms with Crippen LogP contribution in [-0.4, -0.2) is 84.6 Å². The second kappa shape index (κ2) is 145. The van der Waals surface area contributed by atoms with Gasteiger partial charge in [-0.15, -0.1) is 0 Å². The van der Waals surface area contributed by atoms with Crippen molar-refractivity contribution < 1.29 is 31.9 Å². The molecule has 132 valence electrons. The van der Waals surface area contributed by atoms with Crippen LogP contribution in [0.25, 0.3) is 31.9 Å². The molecule has 0 aromatic carbocycles. The first kappa shape index (κ1) is 42.9. The maximum absolute atomic E-state index is 3.50. The van der Waals surface area contributed by atoms with Crippen LogP contribution in [0.2, 0.25) is 0 Å². The second-order valence-electron chi connectivity index (χ2n) is 2.68. The summed E-state index contributed by atoms with van der Waals surface area (Å²) in [6.45, 7) is 0. The summed E-state index contributed by atoms with van der Waals surface area (Å²) in [6.07, 6.45) is 0. The molecule has 0 fully saturated rings. The molecule has 0 aliphatic rings. The Hall–Kier alpha value is 1.14. The van der Waals surface area contributed by atoms with E-state index in [1.165, 1.54) is 0 Å². The third kappa shape index (κ3) is 4870. The van der Waals surface area contributed by atoms with Gasteiger partial charge in [0.05, 0.1) is 0 Å². The second-order valence-corrected chi connectivity index (χ2v) is 2.68. The van der Waals surface area contributed by atoms with E-state index in [1.54, 1.807) is 84.6 Å². The molecule has 0 N–H and O–H groups in total. The molecule has 0 aromatic heterocycles. The fraction of sp³-hybridized carbons (Fsp3) is 1.00. The van der Waals surface area contributed by atoms with Crippen molar-refractivity contribution in [1.82, 2.24) is 0 Å². The normalized spacial score (nSPS) is 5.50. The first-order valence-electron chi connectivity index (χ1n) is 5.53. The van der Waals surface area contributed by atoms with Crippen molar-refractivity contribution in [3.63, 3.8) is 0 Å². The molecule has 0 aliphatic carbocycles. The van der Waals surface area contributed by atoms with E-state index in [9.17, 15) is 0 Å². The molecule has 0 saturated carbocycles. The number of rotatable bonds is 0. The van der Waals surface area contributed by atoms with Crippen LogP contribution < -0.4 is 0 Å². The Morgan fingerprint density at radius 1 is 0.300 bits per heavy atom. The molecule has 0 unspecified atom stereocenters. The van der Waals surface area contributed by atoms with Crippen molar-refractivity contribution in [2.24, 2.45) is 0 Å². The number of nitrogens with zero attached hydrogens (tertiary/aromatic N) is 6. The molecule has 0 aliphatic heterocycles. The summed E-state index contributed by atoms with van der Waals surface area (Å²) in [5.41, 5.74) is 0. The van der Waals surface area contributed by atoms with E-state index in [0.29, 0.717) is 0 Å². The van der Waals surface area contributed by atoms with E-state index < -0.39 is 0 Å². The molecule has 0 bridgehead atoms. The Balaban J connectivity index is -0.0000000198. The summed E-state index contributed by atoms with van der Waals surface area (Å²) in [5, 5.41) is 21.0. The Labute approximate surface area is 148 Å². The van der Waals surface area contributed by atoms with Crippen molar-refractivity contribution in [1.29, 1.82) is 0 Å². The molecule has 20 heavy (non-hydrogen) atoms. The minimum atomic E-state index is 1.75. The van der Waals surface area contributed by atoms with Gasteiger partial charge in [0, 0.05) is 0 Å². The van der Waals surface area contributed by atoms with Crippen LogP contribution in [0, 0.1) is 0 Å². The van der Waals surface area contributed by atoms with Gasteiger partial charge in [-0.25, -0.2) is 0 Å². The minimum absolute atomic E-state index is 1.75. The van der Waals surface area contributed by atoms with Crippen LogP contribution in [0.4, 0.5) is 0 Å². The molecule has 0 aromatic rings. The van der Waals surface area contributed by atoms with Crippen LogP contribution in [0.5, 0.6) is 0 Å². The van der Waals surface area contributed by atoms with Gasteiger partial charge < -0.3 is 31.9 Å². The molecule has 0 saturated heterocycles. The summed E-state index contributed by atoms with van der Waals surface area (Å²) in [5.74, 6) is 0. The molecular formula is C12H36Mo2N6-6. The van der Waals surface area contributed by atoms with Gasteiger partial charge in [-0.3, -0.25) is 0 Å². The topological polar surface area (TPSA) is 84.6 Å². The van der Waals surface area contributed by atoms with Crippen LogP contribution in [0.3, 0.4) is 0 Å². The quantitative estimate of drug-likeness (QED) is 0.498. The molecule has 8 heteroatoms. The zero-order valence-electron chi connectivity index (χ0n) is 15.5. The maximum atomic E-state index is 3.50. The average Bonchev–Trinajstić information content (AvgIpc) is 2.36. The molecule has 0 spiro atoms. The molecular weight excluding hydrogens is 420 g/mol. The molecule has 0 rings (SSSR count). The van der Waals surface area contributed by atoms with E-state index >= 15 is 0 Å². The zero-order chi connectivity index (χ0) is 18.2. The van der Waals surface area contributed by atoms with E-state index in [-0.39, 0.29) is 0 Å². The van der Waals surface area contributed by atoms with Gasteiger partial charge >= 0.3 is 31.9 Å². The predicted octanol–water partition coefficient (Wildman–Crippen LogP) is 3.71. The van der Waals surface area contributed by atoms with Crippen molar-refractivity contribution in [2.45, 2.75) is 0 Å². The predicted molar refractivity (Wildman–Crippen MR) is 91.2 cm³/mol. The van der Waals surface area contributed by atoms with Gasteiger partial charge in [-0.2, -0.15) is 84.6 Å². The van der Waals surface area contributed by atoms with Gasteiger partial charge in [-0.05, 0) is 0 Å². The monoisotopic (exact) mass is 460 g/mol. The van der Waals surface area contributed by atoms with Gasteiger partial charge in [0.1, 0.15) is 0 Å². The van der Waals surface area contributed by atoms with Crippen LogP contribution in [0.1, 0.15) is 0 Å². The van der Waals surface area contributed by atoms with Gasteiger partial charge in [0.2, 0.25) is 0 Å². The van der Waals surface area contributed by atoms with Gasteiger partial charge in [0.15, 0.2) is 0 Å². The van der Waals surface area contributed by atoms with Crippen LogP contribution in [0.15, 0.2) is 0 Å². The number of hydrogen-bond donors (Lipinski definition) is 0. The third-order valence-corrected chi connectivity index (χ3v) is 0. The molecule has 0 amide bonds. The fourth-order valence-electron chi connectivity index (χ4n) is 0. The summed E-state index contributed by atoms with van der Waals surface area (Å²) in [6, 6.07) is 0. The van der Waals surface area contributed by atoms with Crippen molar-refractivity contribution >= 4 is 0 Å². The number of hydrogen-bond acceptors (Lipinski definition) is 0. The van der Waals surface area contributed by atoms with Gasteiger partial charge in [-0.1, -0.05) is 0 Å². The van der Waals surface area contributed by atoms with Crippen LogP contribution in [-0.2, 0) is 31.9 Å². The average molecular weight is 456 g/mol. The summed E-state index contributed by atoms with van der Waals surface area (Å²) in [7, 11) is 21.0. The van der Waals surface area contributed by atoms with Crippen LogP contribution >= 0.6 is 0 Å². The van der Waals surface area contributed by atoms with E-state index in [1.807, 2.05) is 31.9 Å². The van der Waals surface area contributed by atoms with Gasteiger partial charge in [0.25, 0.3) is 0 Å². The first-order chi connectivity index (χ1) is 9.49. The standard InChI is InChI=1S/6C2H6N.2Mo/c6*1-3-2;;/h6*1-2H3;;/q6*-1;;. The SMILES string of the molecule is C[N-]C.C[N-]C.C[N-]C.C[N-]C.C[N-]C.C[N-]C.[Mo]#[Mo]. The molecule has 6 nitrogen and oxygen atoms in total. The Bertz CT molecular complexity index is 62.7. The van der Waals surface area contributed by atoms with E-state index in [0.717, 1.165) is 0 Å². The summed E-state index contributed by atoms with van der Waals surface area (Å²) in [4.78, 5) is 0. The van der Waals surface area contributed by atoms with E-state index in [2.05, 4.69) is 31.9 Å². The van der Waals surface area contributed by atoms with Crippen molar-refractivity contribution in [3.05, 3.63) is 31.9 Å². The van der Waals surface area contributed by atoms with E-state index in [4.69, 9.17) is 0 Å². The fourth-order valence-corrected chi connectivity index (χ4v) is 0. The Morgan fingerprint density at radius 3 is 0.300 bits per heavy atom. The zero-order valence-corrected chi connectivity index (χ0v) is 19.5. The Kier molecular flexibility index (Phi) is 310. The summed E-state index contributed by atoms with van der Waals surface area (Å²) >= 11 is 3.92. The Morgan fingerprint density at radius 2 is 0.300 bits per heavy atom. The molecule has 0 heterocycles. The molecule has 0 radical (unpaired) electrons. The van der Waals surface area contributed by atoms with Crippen molar-refractivity contribution in [3.8, 4) is 0 Å².